The molecular weight excluding hydrogens is 274 g/mol. The van der Waals surface area contributed by atoms with E-state index in [2.05, 4.69) is 19.2 Å². The molecule has 22 heavy (non-hydrogen) atoms. The van der Waals surface area contributed by atoms with Crippen molar-refractivity contribution in [3.05, 3.63) is 59.7 Å². The second-order valence-electron chi connectivity index (χ2n) is 5.88. The first kappa shape index (κ1) is 16.1. The lowest BCUT2D eigenvalue weighted by Gasteiger charge is -2.10. The van der Waals surface area contributed by atoms with Crippen LogP contribution in [0.5, 0.6) is 5.75 Å². The van der Waals surface area contributed by atoms with Crippen molar-refractivity contribution in [1.29, 1.82) is 0 Å². The van der Waals surface area contributed by atoms with Gasteiger partial charge in [-0.25, -0.2) is 0 Å². The number of benzene rings is 2. The molecule has 1 amide bonds. The smallest absolute Gasteiger partial charge is 0.255 e. The molecule has 2 rings (SSSR count). The van der Waals surface area contributed by atoms with E-state index in [-0.39, 0.29) is 5.91 Å². The maximum absolute atomic E-state index is 12.2. The SMILES string of the molecule is Cc1cccc(C(=O)Nc2cccc(OCCC(C)C)c2)c1. The fourth-order valence-electron chi connectivity index (χ4n) is 2.07. The Kier molecular flexibility index (Phi) is 5.59. The number of anilines is 1. The molecule has 0 radical (unpaired) electrons. The van der Waals surface area contributed by atoms with Gasteiger partial charge in [-0.1, -0.05) is 37.6 Å². The molecule has 0 bridgehead atoms. The van der Waals surface area contributed by atoms with Gasteiger partial charge >= 0.3 is 0 Å². The van der Waals surface area contributed by atoms with Crippen LogP contribution in [-0.2, 0) is 0 Å². The normalized spacial score (nSPS) is 10.5. The minimum atomic E-state index is -0.108. The van der Waals surface area contributed by atoms with Crippen LogP contribution in [0.1, 0.15) is 36.2 Å². The minimum Gasteiger partial charge on any atom is -0.494 e. The highest BCUT2D eigenvalue weighted by Gasteiger charge is 2.06. The van der Waals surface area contributed by atoms with Crippen LogP contribution in [0.25, 0.3) is 0 Å². The standard InChI is InChI=1S/C19H23NO2/c1-14(2)10-11-22-18-9-5-8-17(13-18)20-19(21)16-7-4-6-15(3)12-16/h4-9,12-14H,10-11H2,1-3H3,(H,20,21). The van der Waals surface area contributed by atoms with Crippen LogP contribution in [0.2, 0.25) is 0 Å². The van der Waals surface area contributed by atoms with Crippen LogP contribution in [-0.4, -0.2) is 12.5 Å². The third-order valence-electron chi connectivity index (χ3n) is 3.34. The molecule has 0 atom stereocenters. The van der Waals surface area contributed by atoms with E-state index >= 15 is 0 Å². The van der Waals surface area contributed by atoms with Gasteiger partial charge in [0.1, 0.15) is 5.75 Å². The summed E-state index contributed by atoms with van der Waals surface area (Å²) in [5.41, 5.74) is 2.47. The lowest BCUT2D eigenvalue weighted by Crippen LogP contribution is -2.12. The third kappa shape index (κ3) is 4.92. The van der Waals surface area contributed by atoms with E-state index in [1.807, 2.05) is 55.5 Å². The average Bonchev–Trinajstić information content (AvgIpc) is 2.47. The molecular formula is C19H23NO2. The van der Waals surface area contributed by atoms with Crippen LogP contribution in [0.4, 0.5) is 5.69 Å². The van der Waals surface area contributed by atoms with Gasteiger partial charge in [-0.3, -0.25) is 4.79 Å². The topological polar surface area (TPSA) is 38.3 Å². The lowest BCUT2D eigenvalue weighted by atomic mass is 10.1. The largest absolute Gasteiger partial charge is 0.494 e. The lowest BCUT2D eigenvalue weighted by molar-refractivity contribution is 0.102. The summed E-state index contributed by atoms with van der Waals surface area (Å²) >= 11 is 0. The van der Waals surface area contributed by atoms with Gasteiger partial charge in [0.2, 0.25) is 0 Å². The number of hydrogen-bond donors (Lipinski definition) is 1. The van der Waals surface area contributed by atoms with Gasteiger partial charge in [0.05, 0.1) is 6.61 Å². The number of ether oxygens (including phenoxy) is 1. The van der Waals surface area contributed by atoms with Gasteiger partial charge < -0.3 is 10.1 Å². The maximum atomic E-state index is 12.2. The van der Waals surface area contributed by atoms with Gasteiger partial charge in [-0.15, -0.1) is 0 Å². The molecule has 0 spiro atoms. The maximum Gasteiger partial charge on any atom is 0.255 e. The van der Waals surface area contributed by atoms with Gasteiger partial charge in [-0.05, 0) is 43.5 Å². The third-order valence-corrected chi connectivity index (χ3v) is 3.34. The van der Waals surface area contributed by atoms with E-state index in [4.69, 9.17) is 4.74 Å². The first-order valence-corrected chi connectivity index (χ1v) is 7.65. The van der Waals surface area contributed by atoms with Gasteiger partial charge in [-0.2, -0.15) is 0 Å². The van der Waals surface area contributed by atoms with Crippen LogP contribution < -0.4 is 10.1 Å². The van der Waals surface area contributed by atoms with Gasteiger partial charge in [0, 0.05) is 17.3 Å². The highest BCUT2D eigenvalue weighted by molar-refractivity contribution is 6.04. The molecule has 2 aromatic carbocycles. The molecule has 0 heterocycles. The zero-order valence-electron chi connectivity index (χ0n) is 13.4. The molecule has 0 aliphatic heterocycles. The number of amides is 1. The quantitative estimate of drug-likeness (QED) is 0.841. The van der Waals surface area contributed by atoms with Gasteiger partial charge in [0.15, 0.2) is 0 Å². The van der Waals surface area contributed by atoms with E-state index in [9.17, 15) is 4.79 Å². The molecule has 116 valence electrons. The summed E-state index contributed by atoms with van der Waals surface area (Å²) in [6.45, 7) is 7.00. The molecule has 0 saturated heterocycles. The number of hydrogen-bond acceptors (Lipinski definition) is 2. The van der Waals surface area contributed by atoms with Crippen molar-refractivity contribution in [3.8, 4) is 5.75 Å². The molecule has 0 aromatic heterocycles. The Morgan fingerprint density at radius 2 is 1.91 bits per heavy atom. The van der Waals surface area contributed by atoms with E-state index < -0.39 is 0 Å². The molecule has 1 N–H and O–H groups in total. The molecule has 0 unspecified atom stereocenters. The van der Waals surface area contributed by atoms with E-state index in [0.29, 0.717) is 18.1 Å². The zero-order chi connectivity index (χ0) is 15.9. The Labute approximate surface area is 132 Å². The van der Waals surface area contributed by atoms with Crippen LogP contribution in [0.15, 0.2) is 48.5 Å². The fraction of sp³-hybridized carbons (Fsp3) is 0.316. The number of rotatable bonds is 6. The second-order valence-corrected chi connectivity index (χ2v) is 5.88. The van der Waals surface area contributed by atoms with Crippen LogP contribution in [0.3, 0.4) is 0 Å². The summed E-state index contributed by atoms with van der Waals surface area (Å²) in [7, 11) is 0. The average molecular weight is 297 g/mol. The van der Waals surface area contributed by atoms with Crippen molar-refractivity contribution in [3.63, 3.8) is 0 Å². The van der Waals surface area contributed by atoms with Crippen LogP contribution >= 0.6 is 0 Å². The van der Waals surface area contributed by atoms with Crippen LogP contribution in [0, 0.1) is 12.8 Å². The summed E-state index contributed by atoms with van der Waals surface area (Å²) < 4.78 is 5.71. The first-order chi connectivity index (χ1) is 10.5. The molecule has 2 aromatic rings. The summed E-state index contributed by atoms with van der Waals surface area (Å²) in [5, 5.41) is 2.91. The summed E-state index contributed by atoms with van der Waals surface area (Å²) in [5.74, 6) is 1.29. The molecule has 0 aliphatic carbocycles. The van der Waals surface area contributed by atoms with Crippen molar-refractivity contribution in [2.24, 2.45) is 5.92 Å². The summed E-state index contributed by atoms with van der Waals surface area (Å²) in [4.78, 5) is 12.2. The monoisotopic (exact) mass is 297 g/mol. The molecule has 3 nitrogen and oxygen atoms in total. The predicted molar refractivity (Wildman–Crippen MR) is 90.5 cm³/mol. The number of carbonyl (C=O) groups is 1. The number of aryl methyl sites for hydroxylation is 1. The van der Waals surface area contributed by atoms with Crippen molar-refractivity contribution >= 4 is 11.6 Å². The number of carbonyl (C=O) groups excluding carboxylic acids is 1. The Morgan fingerprint density at radius 1 is 1.14 bits per heavy atom. The highest BCUT2D eigenvalue weighted by Crippen LogP contribution is 2.19. The Morgan fingerprint density at radius 3 is 2.64 bits per heavy atom. The van der Waals surface area contributed by atoms with E-state index in [1.165, 1.54) is 0 Å². The molecule has 0 saturated carbocycles. The molecule has 0 aliphatic rings. The Hall–Kier alpha value is -2.29. The first-order valence-electron chi connectivity index (χ1n) is 7.65. The fourth-order valence-corrected chi connectivity index (χ4v) is 2.07. The minimum absolute atomic E-state index is 0.108. The van der Waals surface area contributed by atoms with Crippen molar-refractivity contribution in [2.45, 2.75) is 27.2 Å². The zero-order valence-corrected chi connectivity index (χ0v) is 13.4. The predicted octanol–water partition coefficient (Wildman–Crippen LogP) is 4.67. The van der Waals surface area contributed by atoms with Crippen molar-refractivity contribution in [2.75, 3.05) is 11.9 Å². The highest BCUT2D eigenvalue weighted by atomic mass is 16.5. The molecule has 0 fully saturated rings. The summed E-state index contributed by atoms with van der Waals surface area (Å²) in [6.07, 6.45) is 1.01. The Balaban J connectivity index is 1.99. The van der Waals surface area contributed by atoms with Gasteiger partial charge in [0.25, 0.3) is 5.91 Å². The van der Waals surface area contributed by atoms with Crippen molar-refractivity contribution in [1.82, 2.24) is 0 Å². The summed E-state index contributed by atoms with van der Waals surface area (Å²) in [6, 6.07) is 15.1. The second kappa shape index (κ2) is 7.64. The van der Waals surface area contributed by atoms with Crippen molar-refractivity contribution < 1.29 is 9.53 Å². The van der Waals surface area contributed by atoms with E-state index in [0.717, 1.165) is 23.4 Å². The molecule has 3 heteroatoms. The van der Waals surface area contributed by atoms with E-state index in [1.54, 1.807) is 0 Å². The number of nitrogens with one attached hydrogen (secondary N) is 1. The Bertz CT molecular complexity index is 635.